The summed E-state index contributed by atoms with van der Waals surface area (Å²) in [6, 6.07) is 4.76. The fraction of sp³-hybridized carbons (Fsp3) is 0.286. The molecule has 2 rings (SSSR count). The van der Waals surface area contributed by atoms with E-state index in [1.165, 1.54) is 12.1 Å². The number of hydrogen-bond acceptors (Lipinski definition) is 4. The molecule has 0 aliphatic rings. The second-order valence-electron chi connectivity index (χ2n) is 4.49. The van der Waals surface area contributed by atoms with Crippen LogP contribution in [0.4, 0.5) is 21.7 Å². The number of nitrogens with zero attached hydrogens (tertiary/aromatic N) is 2. The van der Waals surface area contributed by atoms with E-state index in [1.54, 1.807) is 0 Å². The van der Waals surface area contributed by atoms with Crippen molar-refractivity contribution in [3.8, 4) is 0 Å². The van der Waals surface area contributed by atoms with Crippen molar-refractivity contribution >= 4 is 17.3 Å². The van der Waals surface area contributed by atoms with Crippen molar-refractivity contribution < 1.29 is 4.39 Å². The molecule has 1 aromatic heterocycles. The molecule has 1 aromatic carbocycles. The first-order valence-corrected chi connectivity index (χ1v) is 6.16. The SMILES string of the molecule is CCc1nc(N)c(C)c(Nc2cc(C)cc(F)c2)n1. The molecule has 4 nitrogen and oxygen atoms in total. The Bertz CT molecular complexity index is 590. The number of anilines is 3. The first kappa shape index (κ1) is 13.3. The van der Waals surface area contributed by atoms with E-state index in [1.807, 2.05) is 26.8 Å². The van der Waals surface area contributed by atoms with Crippen LogP contribution in [-0.2, 0) is 6.42 Å². The molecule has 0 aliphatic heterocycles. The van der Waals surface area contributed by atoms with Crippen LogP contribution >= 0.6 is 0 Å². The normalized spacial score (nSPS) is 10.5. The van der Waals surface area contributed by atoms with Crippen molar-refractivity contribution in [2.24, 2.45) is 0 Å². The van der Waals surface area contributed by atoms with Gasteiger partial charge >= 0.3 is 0 Å². The Morgan fingerprint density at radius 1 is 1.21 bits per heavy atom. The Morgan fingerprint density at radius 3 is 2.58 bits per heavy atom. The van der Waals surface area contributed by atoms with Crippen LogP contribution in [0.5, 0.6) is 0 Å². The number of halogens is 1. The zero-order valence-corrected chi connectivity index (χ0v) is 11.3. The summed E-state index contributed by atoms with van der Waals surface area (Å²) in [6.07, 6.45) is 0.696. The minimum Gasteiger partial charge on any atom is -0.383 e. The van der Waals surface area contributed by atoms with Crippen LogP contribution in [0.2, 0.25) is 0 Å². The molecule has 0 fully saturated rings. The van der Waals surface area contributed by atoms with Gasteiger partial charge in [0.15, 0.2) is 0 Å². The van der Waals surface area contributed by atoms with Crippen molar-refractivity contribution in [2.45, 2.75) is 27.2 Å². The third-order valence-electron chi connectivity index (χ3n) is 2.85. The predicted octanol–water partition coefficient (Wildman–Crippen LogP) is 3.12. The van der Waals surface area contributed by atoms with Gasteiger partial charge in [-0.05, 0) is 37.6 Å². The smallest absolute Gasteiger partial charge is 0.139 e. The fourth-order valence-corrected chi connectivity index (χ4v) is 1.81. The summed E-state index contributed by atoms with van der Waals surface area (Å²) >= 11 is 0. The highest BCUT2D eigenvalue weighted by Gasteiger charge is 2.08. The fourth-order valence-electron chi connectivity index (χ4n) is 1.81. The maximum atomic E-state index is 13.4. The Hall–Kier alpha value is -2.17. The highest BCUT2D eigenvalue weighted by molar-refractivity contribution is 5.64. The van der Waals surface area contributed by atoms with Gasteiger partial charge in [-0.25, -0.2) is 14.4 Å². The summed E-state index contributed by atoms with van der Waals surface area (Å²) in [7, 11) is 0. The highest BCUT2D eigenvalue weighted by atomic mass is 19.1. The van der Waals surface area contributed by atoms with E-state index in [0.717, 1.165) is 11.1 Å². The van der Waals surface area contributed by atoms with Gasteiger partial charge in [0.1, 0.15) is 23.3 Å². The van der Waals surface area contributed by atoms with E-state index in [0.29, 0.717) is 29.6 Å². The number of benzene rings is 1. The second-order valence-corrected chi connectivity index (χ2v) is 4.49. The summed E-state index contributed by atoms with van der Waals surface area (Å²) in [5, 5.41) is 3.10. The van der Waals surface area contributed by atoms with Crippen LogP contribution in [0.3, 0.4) is 0 Å². The van der Waals surface area contributed by atoms with E-state index in [9.17, 15) is 4.39 Å². The van der Waals surface area contributed by atoms with Crippen LogP contribution in [0, 0.1) is 19.7 Å². The number of rotatable bonds is 3. The van der Waals surface area contributed by atoms with E-state index in [4.69, 9.17) is 5.73 Å². The van der Waals surface area contributed by atoms with Crippen LogP contribution in [-0.4, -0.2) is 9.97 Å². The molecule has 0 atom stereocenters. The van der Waals surface area contributed by atoms with Crippen LogP contribution in [0.1, 0.15) is 23.9 Å². The first-order chi connectivity index (χ1) is 8.99. The van der Waals surface area contributed by atoms with Gasteiger partial charge in [-0.1, -0.05) is 6.92 Å². The molecule has 100 valence electrons. The maximum Gasteiger partial charge on any atom is 0.139 e. The minimum atomic E-state index is -0.280. The average molecular weight is 260 g/mol. The highest BCUT2D eigenvalue weighted by Crippen LogP contribution is 2.23. The lowest BCUT2D eigenvalue weighted by atomic mass is 10.2. The Kier molecular flexibility index (Phi) is 3.64. The van der Waals surface area contributed by atoms with E-state index in [2.05, 4.69) is 15.3 Å². The summed E-state index contributed by atoms with van der Waals surface area (Å²) in [5.74, 6) is 1.45. The molecule has 0 saturated carbocycles. The molecule has 0 amide bonds. The van der Waals surface area contributed by atoms with Crippen molar-refractivity contribution in [3.05, 3.63) is 41.0 Å². The molecule has 0 bridgehead atoms. The lowest BCUT2D eigenvalue weighted by molar-refractivity contribution is 0.627. The van der Waals surface area contributed by atoms with Crippen molar-refractivity contribution in [1.82, 2.24) is 9.97 Å². The van der Waals surface area contributed by atoms with Gasteiger partial charge in [0.05, 0.1) is 0 Å². The average Bonchev–Trinajstić information content (AvgIpc) is 2.33. The van der Waals surface area contributed by atoms with Gasteiger partial charge in [-0.15, -0.1) is 0 Å². The van der Waals surface area contributed by atoms with Gasteiger partial charge in [0.25, 0.3) is 0 Å². The second kappa shape index (κ2) is 5.22. The van der Waals surface area contributed by atoms with Gasteiger partial charge in [0.2, 0.25) is 0 Å². The molecule has 5 heteroatoms. The molecule has 3 N–H and O–H groups in total. The molecule has 1 heterocycles. The number of aromatic nitrogens is 2. The quantitative estimate of drug-likeness (QED) is 0.890. The third kappa shape index (κ3) is 2.99. The molecular weight excluding hydrogens is 243 g/mol. The predicted molar refractivity (Wildman–Crippen MR) is 75.0 cm³/mol. The molecule has 0 aliphatic carbocycles. The molecule has 0 unspecified atom stereocenters. The molecule has 0 radical (unpaired) electrons. The number of nitrogens with two attached hydrogens (primary N) is 1. The summed E-state index contributed by atoms with van der Waals surface area (Å²) in [5.41, 5.74) is 8.11. The van der Waals surface area contributed by atoms with Crippen molar-refractivity contribution in [3.63, 3.8) is 0 Å². The van der Waals surface area contributed by atoms with E-state index in [-0.39, 0.29) is 5.82 Å². The Balaban J connectivity index is 2.39. The lowest BCUT2D eigenvalue weighted by Gasteiger charge is -2.12. The number of hydrogen-bond donors (Lipinski definition) is 2. The first-order valence-electron chi connectivity index (χ1n) is 6.16. The van der Waals surface area contributed by atoms with Gasteiger partial charge < -0.3 is 11.1 Å². The lowest BCUT2D eigenvalue weighted by Crippen LogP contribution is -2.06. The summed E-state index contributed by atoms with van der Waals surface area (Å²) in [4.78, 5) is 8.56. The molecule has 19 heavy (non-hydrogen) atoms. The van der Waals surface area contributed by atoms with E-state index < -0.39 is 0 Å². The van der Waals surface area contributed by atoms with Crippen molar-refractivity contribution in [2.75, 3.05) is 11.1 Å². The Morgan fingerprint density at radius 2 is 1.95 bits per heavy atom. The van der Waals surface area contributed by atoms with Crippen molar-refractivity contribution in [1.29, 1.82) is 0 Å². The summed E-state index contributed by atoms with van der Waals surface area (Å²) < 4.78 is 13.4. The van der Waals surface area contributed by atoms with Crippen LogP contribution in [0.15, 0.2) is 18.2 Å². The third-order valence-corrected chi connectivity index (χ3v) is 2.85. The number of aryl methyl sites for hydroxylation is 2. The molecule has 0 saturated heterocycles. The molecule has 0 spiro atoms. The summed E-state index contributed by atoms with van der Waals surface area (Å²) in [6.45, 7) is 5.64. The largest absolute Gasteiger partial charge is 0.383 e. The topological polar surface area (TPSA) is 63.8 Å². The van der Waals surface area contributed by atoms with Gasteiger partial charge in [-0.3, -0.25) is 0 Å². The standard InChI is InChI=1S/C14H17FN4/c1-4-12-18-13(16)9(3)14(19-12)17-11-6-8(2)5-10(15)7-11/h5-7H,4H2,1-3H3,(H3,16,17,18,19). The van der Waals surface area contributed by atoms with E-state index >= 15 is 0 Å². The Labute approximate surface area is 111 Å². The maximum absolute atomic E-state index is 13.4. The minimum absolute atomic E-state index is 0.280. The van der Waals surface area contributed by atoms with Gasteiger partial charge in [-0.2, -0.15) is 0 Å². The molecule has 2 aromatic rings. The zero-order valence-electron chi connectivity index (χ0n) is 11.3. The van der Waals surface area contributed by atoms with Crippen LogP contribution < -0.4 is 11.1 Å². The number of nitrogen functional groups attached to an aromatic ring is 1. The molecular formula is C14H17FN4. The number of nitrogens with one attached hydrogen (secondary N) is 1. The van der Waals surface area contributed by atoms with Gasteiger partial charge in [0, 0.05) is 17.7 Å². The monoisotopic (exact) mass is 260 g/mol. The van der Waals surface area contributed by atoms with Crippen LogP contribution in [0.25, 0.3) is 0 Å². The zero-order chi connectivity index (χ0) is 14.0.